The van der Waals surface area contributed by atoms with Crippen molar-refractivity contribution in [1.82, 2.24) is 5.43 Å². The van der Waals surface area contributed by atoms with Crippen molar-refractivity contribution in [2.75, 3.05) is 7.11 Å². The molecule has 0 atom stereocenters. The molecule has 0 aliphatic carbocycles. The Labute approximate surface area is 110 Å². The van der Waals surface area contributed by atoms with Gasteiger partial charge >= 0.3 is 0 Å². The van der Waals surface area contributed by atoms with Crippen molar-refractivity contribution in [1.29, 1.82) is 0 Å². The summed E-state index contributed by atoms with van der Waals surface area (Å²) < 4.78 is 15.7. The van der Waals surface area contributed by atoms with Crippen molar-refractivity contribution in [2.24, 2.45) is 5.84 Å². The van der Waals surface area contributed by atoms with Crippen molar-refractivity contribution in [3.63, 3.8) is 0 Å². The van der Waals surface area contributed by atoms with E-state index in [0.29, 0.717) is 17.1 Å². The van der Waals surface area contributed by atoms with Gasteiger partial charge in [0, 0.05) is 0 Å². The van der Waals surface area contributed by atoms with E-state index in [1.54, 1.807) is 31.4 Å². The lowest BCUT2D eigenvalue weighted by molar-refractivity contribution is 0.0949. The Morgan fingerprint density at radius 1 is 1.26 bits per heavy atom. The van der Waals surface area contributed by atoms with Crippen LogP contribution in [-0.2, 0) is 6.61 Å². The summed E-state index contributed by atoms with van der Waals surface area (Å²) in [5.74, 6) is 6.47. The van der Waals surface area contributed by atoms with Crippen LogP contribution >= 0.6 is 0 Å². The highest BCUT2D eigenvalue weighted by Crippen LogP contribution is 2.19. The number of ether oxygens (including phenoxy) is 2. The molecular weight excluding hydrogens is 248 g/mol. The minimum atomic E-state index is -0.415. The molecule has 0 bridgehead atoms. The number of amides is 1. The van der Waals surface area contributed by atoms with E-state index in [1.807, 2.05) is 0 Å². The van der Waals surface area contributed by atoms with Crippen molar-refractivity contribution in [2.45, 2.75) is 6.61 Å². The Hall–Kier alpha value is -2.47. The fraction of sp³-hybridized carbons (Fsp3) is 0.154. The summed E-state index contributed by atoms with van der Waals surface area (Å²) in [6.07, 6.45) is 1.41. The first kappa shape index (κ1) is 13.0. The molecule has 0 saturated carbocycles. The van der Waals surface area contributed by atoms with Gasteiger partial charge in [0.2, 0.25) is 0 Å². The van der Waals surface area contributed by atoms with Gasteiger partial charge in [-0.3, -0.25) is 10.2 Å². The molecule has 1 heterocycles. The molecule has 0 spiro atoms. The van der Waals surface area contributed by atoms with E-state index in [9.17, 15) is 4.79 Å². The van der Waals surface area contributed by atoms with Crippen molar-refractivity contribution >= 4 is 5.91 Å². The predicted octanol–water partition coefficient (Wildman–Crippen LogP) is 1.47. The van der Waals surface area contributed by atoms with Gasteiger partial charge in [-0.05, 0) is 30.3 Å². The lowest BCUT2D eigenvalue weighted by atomic mass is 10.2. The first-order valence-corrected chi connectivity index (χ1v) is 5.58. The molecule has 6 heteroatoms. The fourth-order valence-corrected chi connectivity index (χ4v) is 1.55. The van der Waals surface area contributed by atoms with E-state index < -0.39 is 5.91 Å². The van der Waals surface area contributed by atoms with Crippen LogP contribution in [0, 0.1) is 0 Å². The summed E-state index contributed by atoms with van der Waals surface area (Å²) in [4.78, 5) is 11.4. The summed E-state index contributed by atoms with van der Waals surface area (Å²) >= 11 is 0. The zero-order valence-electron chi connectivity index (χ0n) is 10.4. The monoisotopic (exact) mass is 262 g/mol. The van der Waals surface area contributed by atoms with Gasteiger partial charge in [0.05, 0.1) is 18.9 Å². The van der Waals surface area contributed by atoms with E-state index in [0.717, 1.165) is 5.75 Å². The van der Waals surface area contributed by atoms with Gasteiger partial charge in [0.25, 0.3) is 5.91 Å². The van der Waals surface area contributed by atoms with Gasteiger partial charge in [0.15, 0.2) is 5.76 Å². The predicted molar refractivity (Wildman–Crippen MR) is 67.7 cm³/mol. The molecule has 0 saturated heterocycles. The second kappa shape index (κ2) is 5.92. The molecule has 6 nitrogen and oxygen atoms in total. The van der Waals surface area contributed by atoms with E-state index in [-0.39, 0.29) is 6.61 Å². The number of nitrogen functional groups attached to an aromatic ring is 1. The van der Waals surface area contributed by atoms with Crippen LogP contribution in [0.3, 0.4) is 0 Å². The van der Waals surface area contributed by atoms with Crippen LogP contribution in [0.1, 0.15) is 16.1 Å². The molecule has 0 aliphatic heterocycles. The summed E-state index contributed by atoms with van der Waals surface area (Å²) in [7, 11) is 1.59. The van der Waals surface area contributed by atoms with Gasteiger partial charge in [0.1, 0.15) is 18.1 Å². The molecule has 0 aliphatic rings. The molecule has 2 rings (SSSR count). The molecular formula is C13H14N2O4. The standard InChI is InChI=1S/C13H14N2O4/c1-17-9-2-4-10(5-3-9)19-8-12-11(6-7-18-12)13(16)15-14/h2-7H,8,14H2,1H3,(H,15,16). The van der Waals surface area contributed by atoms with Crippen LogP contribution in [0.15, 0.2) is 41.0 Å². The van der Waals surface area contributed by atoms with E-state index >= 15 is 0 Å². The number of rotatable bonds is 5. The highest BCUT2D eigenvalue weighted by atomic mass is 16.5. The van der Waals surface area contributed by atoms with Crippen LogP contribution in [-0.4, -0.2) is 13.0 Å². The molecule has 1 aromatic heterocycles. The average molecular weight is 262 g/mol. The van der Waals surface area contributed by atoms with Crippen molar-refractivity contribution in [3.8, 4) is 11.5 Å². The van der Waals surface area contributed by atoms with Gasteiger partial charge in [-0.25, -0.2) is 5.84 Å². The summed E-state index contributed by atoms with van der Waals surface area (Å²) in [5, 5.41) is 0. The zero-order valence-corrected chi connectivity index (χ0v) is 10.4. The maximum atomic E-state index is 11.4. The molecule has 2 aromatic rings. The lowest BCUT2D eigenvalue weighted by Gasteiger charge is -2.06. The van der Waals surface area contributed by atoms with E-state index in [4.69, 9.17) is 19.7 Å². The van der Waals surface area contributed by atoms with Crippen molar-refractivity contribution < 1.29 is 18.7 Å². The molecule has 1 aromatic carbocycles. The Morgan fingerprint density at radius 3 is 2.58 bits per heavy atom. The molecule has 0 fully saturated rings. The Morgan fingerprint density at radius 2 is 1.95 bits per heavy atom. The first-order chi connectivity index (χ1) is 9.24. The summed E-state index contributed by atoms with van der Waals surface area (Å²) in [6.45, 7) is 0.141. The molecule has 100 valence electrons. The van der Waals surface area contributed by atoms with Gasteiger partial charge in [-0.15, -0.1) is 0 Å². The maximum Gasteiger partial charge on any atom is 0.268 e. The Kier molecular flexibility index (Phi) is 4.04. The number of nitrogens with two attached hydrogens (primary N) is 1. The summed E-state index contributed by atoms with van der Waals surface area (Å²) in [5.41, 5.74) is 2.41. The normalized spacial score (nSPS) is 10.0. The maximum absolute atomic E-state index is 11.4. The SMILES string of the molecule is COc1ccc(OCc2occc2C(=O)NN)cc1. The van der Waals surface area contributed by atoms with Crippen LogP contribution in [0.4, 0.5) is 0 Å². The van der Waals surface area contributed by atoms with Crippen LogP contribution in [0.25, 0.3) is 0 Å². The van der Waals surface area contributed by atoms with E-state index in [2.05, 4.69) is 5.43 Å². The third-order valence-electron chi connectivity index (χ3n) is 2.55. The van der Waals surface area contributed by atoms with Crippen LogP contribution in [0.5, 0.6) is 11.5 Å². The minimum Gasteiger partial charge on any atom is -0.497 e. The fourth-order valence-electron chi connectivity index (χ4n) is 1.55. The second-order valence-corrected chi connectivity index (χ2v) is 3.70. The number of carbonyl (C=O) groups is 1. The molecule has 3 N–H and O–H groups in total. The number of methoxy groups -OCH3 is 1. The van der Waals surface area contributed by atoms with E-state index in [1.165, 1.54) is 12.3 Å². The average Bonchev–Trinajstić information content (AvgIpc) is 2.93. The van der Waals surface area contributed by atoms with Gasteiger partial charge in [-0.1, -0.05) is 0 Å². The lowest BCUT2D eigenvalue weighted by Crippen LogP contribution is -2.30. The zero-order chi connectivity index (χ0) is 13.7. The second-order valence-electron chi connectivity index (χ2n) is 3.70. The van der Waals surface area contributed by atoms with Crippen LogP contribution in [0.2, 0.25) is 0 Å². The van der Waals surface area contributed by atoms with Gasteiger partial charge in [-0.2, -0.15) is 0 Å². The topological polar surface area (TPSA) is 86.7 Å². The first-order valence-electron chi connectivity index (χ1n) is 5.58. The van der Waals surface area contributed by atoms with Gasteiger partial charge < -0.3 is 13.9 Å². The number of hydrogen-bond donors (Lipinski definition) is 2. The number of hydrazine groups is 1. The molecule has 19 heavy (non-hydrogen) atoms. The largest absolute Gasteiger partial charge is 0.497 e. The number of furan rings is 1. The quantitative estimate of drug-likeness (QED) is 0.484. The molecule has 0 unspecified atom stereocenters. The Bertz CT molecular complexity index is 548. The third kappa shape index (κ3) is 3.05. The molecule has 0 radical (unpaired) electrons. The third-order valence-corrected chi connectivity index (χ3v) is 2.55. The smallest absolute Gasteiger partial charge is 0.268 e. The highest BCUT2D eigenvalue weighted by molar-refractivity contribution is 5.94. The minimum absolute atomic E-state index is 0.141. The number of benzene rings is 1. The highest BCUT2D eigenvalue weighted by Gasteiger charge is 2.13. The Balaban J connectivity index is 2.02. The number of nitrogens with one attached hydrogen (secondary N) is 1. The van der Waals surface area contributed by atoms with Crippen LogP contribution < -0.4 is 20.7 Å². The molecule has 1 amide bonds. The summed E-state index contributed by atoms with van der Waals surface area (Å²) in [6, 6.07) is 8.64. The number of hydrogen-bond acceptors (Lipinski definition) is 5. The number of carbonyl (C=O) groups excluding carboxylic acids is 1. The van der Waals surface area contributed by atoms with Crippen molar-refractivity contribution in [3.05, 3.63) is 47.9 Å².